The predicted octanol–water partition coefficient (Wildman–Crippen LogP) is 4.11. The topological polar surface area (TPSA) is 99.7 Å². The van der Waals surface area contributed by atoms with Crippen molar-refractivity contribution in [1.29, 1.82) is 0 Å². The normalized spacial score (nSPS) is 21.8. The minimum atomic E-state index is -4.44. The average molecular weight is 643 g/mol. The first-order valence-electron chi connectivity index (χ1n) is 14.7. The molecule has 0 spiro atoms. The number of rotatable bonds is 7. The van der Waals surface area contributed by atoms with Gasteiger partial charge in [0.2, 0.25) is 5.60 Å². The van der Waals surface area contributed by atoms with E-state index in [1.165, 1.54) is 17.0 Å². The molecule has 3 aromatic rings. The van der Waals surface area contributed by atoms with Crippen molar-refractivity contribution in [1.82, 2.24) is 14.7 Å². The summed E-state index contributed by atoms with van der Waals surface area (Å²) in [5, 5.41) is 1.59. The van der Waals surface area contributed by atoms with Crippen LogP contribution in [0.15, 0.2) is 64.2 Å². The first kappa shape index (κ1) is 30.5. The van der Waals surface area contributed by atoms with Gasteiger partial charge in [0.25, 0.3) is 15.9 Å². The number of carbonyl (C=O) groups excluding carboxylic acids is 2. The summed E-state index contributed by atoms with van der Waals surface area (Å²) >= 11 is 0.948. The van der Waals surface area contributed by atoms with Crippen LogP contribution in [-0.2, 0) is 25.2 Å². The van der Waals surface area contributed by atoms with Crippen LogP contribution < -0.4 is 9.04 Å². The number of ether oxygens (including phenoxy) is 2. The van der Waals surface area contributed by atoms with Gasteiger partial charge < -0.3 is 19.3 Å². The molecule has 4 heterocycles. The molecule has 0 bridgehead atoms. The number of carbonyl (C=O) groups is 2. The Morgan fingerprint density at radius 3 is 2.41 bits per heavy atom. The molecule has 3 aliphatic heterocycles. The first-order valence-corrected chi connectivity index (χ1v) is 17.0. The van der Waals surface area contributed by atoms with Crippen LogP contribution in [0.4, 0.5) is 14.9 Å². The Bertz CT molecular complexity index is 1640. The van der Waals surface area contributed by atoms with Crippen molar-refractivity contribution in [2.75, 3.05) is 57.2 Å². The number of benzene rings is 2. The molecular formula is C31H35FN4O6S2. The monoisotopic (exact) mass is 642 g/mol. The maximum Gasteiger partial charge on any atom is 0.411 e. The lowest BCUT2D eigenvalue weighted by Crippen LogP contribution is -2.55. The van der Waals surface area contributed by atoms with E-state index in [2.05, 4.69) is 16.8 Å². The lowest BCUT2D eigenvalue weighted by atomic mass is 9.86. The fraction of sp³-hybridized carbons (Fsp3) is 0.419. The van der Waals surface area contributed by atoms with Gasteiger partial charge in [-0.1, -0.05) is 24.3 Å². The van der Waals surface area contributed by atoms with E-state index in [0.717, 1.165) is 49.4 Å². The van der Waals surface area contributed by atoms with E-state index in [1.807, 2.05) is 0 Å². The molecule has 234 valence electrons. The van der Waals surface area contributed by atoms with Gasteiger partial charge in [0.1, 0.15) is 15.8 Å². The molecule has 0 aliphatic carbocycles. The second-order valence-electron chi connectivity index (χ2n) is 11.2. The molecule has 2 aromatic carbocycles. The van der Waals surface area contributed by atoms with Crippen molar-refractivity contribution in [3.05, 3.63) is 76.9 Å². The zero-order chi connectivity index (χ0) is 31.1. The average Bonchev–Trinajstić information content (AvgIpc) is 3.65. The van der Waals surface area contributed by atoms with Gasteiger partial charge in [-0.2, -0.15) is 12.7 Å². The number of fused-ring (bicyclic) bond motifs is 1. The number of para-hydroxylation sites is 1. The van der Waals surface area contributed by atoms with E-state index in [4.69, 9.17) is 9.47 Å². The van der Waals surface area contributed by atoms with Crippen LogP contribution >= 0.6 is 11.3 Å². The van der Waals surface area contributed by atoms with E-state index in [1.54, 1.807) is 42.6 Å². The molecule has 1 atom stereocenters. The van der Waals surface area contributed by atoms with Gasteiger partial charge in [-0.05, 0) is 75.6 Å². The van der Waals surface area contributed by atoms with Crippen LogP contribution in [-0.4, -0.2) is 94.1 Å². The van der Waals surface area contributed by atoms with Crippen molar-refractivity contribution in [3.8, 4) is 5.75 Å². The Hall–Kier alpha value is -3.52. The molecule has 2 fully saturated rings. The van der Waals surface area contributed by atoms with Gasteiger partial charge in [0.05, 0.1) is 17.9 Å². The molecule has 0 radical (unpaired) electrons. The quantitative estimate of drug-likeness (QED) is 0.380. The van der Waals surface area contributed by atoms with Gasteiger partial charge in [-0.15, -0.1) is 11.3 Å². The summed E-state index contributed by atoms with van der Waals surface area (Å²) in [5.74, 6) is -1.54. The molecule has 6 rings (SSSR count). The Morgan fingerprint density at radius 2 is 1.73 bits per heavy atom. The Labute approximate surface area is 260 Å². The summed E-state index contributed by atoms with van der Waals surface area (Å²) in [7, 11) is -2.32. The minimum absolute atomic E-state index is 0.0774. The molecule has 13 heteroatoms. The van der Waals surface area contributed by atoms with E-state index in [9.17, 15) is 22.4 Å². The molecule has 1 unspecified atom stereocenters. The van der Waals surface area contributed by atoms with Gasteiger partial charge >= 0.3 is 6.09 Å². The highest BCUT2D eigenvalue weighted by Gasteiger charge is 2.61. The van der Waals surface area contributed by atoms with E-state index >= 15 is 0 Å². The Balaban J connectivity index is 1.40. The maximum absolute atomic E-state index is 15.0. The highest BCUT2D eigenvalue weighted by Crippen LogP contribution is 2.52. The third-order valence-corrected chi connectivity index (χ3v) is 11.7. The highest BCUT2D eigenvalue weighted by molar-refractivity contribution is 7.95. The number of amides is 2. The predicted molar refractivity (Wildman–Crippen MR) is 164 cm³/mol. The summed E-state index contributed by atoms with van der Waals surface area (Å²) in [6.07, 6.45) is 1.33. The van der Waals surface area contributed by atoms with Crippen molar-refractivity contribution >= 4 is 39.0 Å². The second kappa shape index (κ2) is 12.1. The van der Waals surface area contributed by atoms with Crippen molar-refractivity contribution in [3.63, 3.8) is 0 Å². The molecule has 3 aliphatic rings. The smallest absolute Gasteiger partial charge is 0.411 e. The van der Waals surface area contributed by atoms with Crippen molar-refractivity contribution in [2.45, 2.75) is 35.6 Å². The largest absolute Gasteiger partial charge is 0.493 e. The van der Waals surface area contributed by atoms with Crippen LogP contribution in [0.5, 0.6) is 5.75 Å². The van der Waals surface area contributed by atoms with Crippen molar-refractivity contribution in [2.24, 2.45) is 0 Å². The summed E-state index contributed by atoms with van der Waals surface area (Å²) < 4.78 is 55.4. The van der Waals surface area contributed by atoms with Gasteiger partial charge in [0, 0.05) is 37.8 Å². The first-order chi connectivity index (χ1) is 21.2. The summed E-state index contributed by atoms with van der Waals surface area (Å²) in [4.78, 5) is 34.9. The van der Waals surface area contributed by atoms with Crippen molar-refractivity contribution < 1.29 is 31.9 Å². The Kier molecular flexibility index (Phi) is 8.40. The molecule has 44 heavy (non-hydrogen) atoms. The van der Waals surface area contributed by atoms with E-state index in [-0.39, 0.29) is 33.4 Å². The van der Waals surface area contributed by atoms with Crippen LogP contribution in [0, 0.1) is 5.82 Å². The molecule has 2 amide bonds. The lowest BCUT2D eigenvalue weighted by molar-refractivity contribution is -0.132. The fourth-order valence-corrected chi connectivity index (χ4v) is 8.87. The molecule has 0 N–H and O–H groups in total. The number of nitrogens with zero attached hydrogens (tertiary/aromatic N) is 4. The number of sulfonamides is 1. The third-order valence-electron chi connectivity index (χ3n) is 8.62. The molecule has 1 aromatic heterocycles. The maximum atomic E-state index is 15.0. The number of anilines is 1. The van der Waals surface area contributed by atoms with E-state index < -0.39 is 33.4 Å². The summed E-state index contributed by atoms with van der Waals surface area (Å²) in [6.45, 7) is 6.06. The minimum Gasteiger partial charge on any atom is -0.493 e. The van der Waals surface area contributed by atoms with Crippen LogP contribution in [0.3, 0.4) is 0 Å². The summed E-state index contributed by atoms with van der Waals surface area (Å²) in [5.41, 5.74) is -2.39. The zero-order valence-corrected chi connectivity index (χ0v) is 26.3. The van der Waals surface area contributed by atoms with Gasteiger partial charge in [0.15, 0.2) is 0 Å². The number of piperazine rings is 1. The van der Waals surface area contributed by atoms with Gasteiger partial charge in [-0.25, -0.2) is 9.18 Å². The zero-order valence-electron chi connectivity index (χ0n) is 24.6. The molecule has 2 saturated heterocycles. The summed E-state index contributed by atoms with van der Waals surface area (Å²) in [6, 6.07) is 13.2. The molecular weight excluding hydrogens is 607 g/mol. The number of piperidine rings is 1. The number of hydrogen-bond donors (Lipinski definition) is 0. The number of hydrogen-bond acceptors (Lipinski definition) is 9. The van der Waals surface area contributed by atoms with Crippen LogP contribution in [0.2, 0.25) is 0 Å². The number of likely N-dealkylation sites (tertiary alicyclic amines) is 1. The second-order valence-corrected chi connectivity index (χ2v) is 14.2. The Morgan fingerprint density at radius 1 is 1.00 bits per heavy atom. The number of halogens is 1. The number of thiophene rings is 1. The standard InChI is InChI=1S/C31H35FN4O6S2/c1-3-41-27-8-5-4-7-24(27)31(42-30(38)35-18-16-34(17-19-35)23-12-14-33(2)15-13-23)25-21-22(32)10-11-26(25)36(29(31)37)44(39,40)28-9-6-20-43-28/h4-11,20-21,23H,3,12-19H2,1-2H3. The highest BCUT2D eigenvalue weighted by atomic mass is 32.2. The third kappa shape index (κ3) is 5.25. The van der Waals surface area contributed by atoms with Gasteiger partial charge in [-0.3, -0.25) is 9.69 Å². The SMILES string of the molecule is CCOc1ccccc1C1(OC(=O)N2CCN(C3CCN(C)CC3)CC2)C(=O)N(S(=O)(=O)c2cccs2)c2ccc(F)cc21. The molecule has 0 saturated carbocycles. The van der Waals surface area contributed by atoms with Crippen LogP contribution in [0.25, 0.3) is 0 Å². The van der Waals surface area contributed by atoms with Crippen LogP contribution in [0.1, 0.15) is 30.9 Å². The molecule has 10 nitrogen and oxygen atoms in total. The van der Waals surface area contributed by atoms with E-state index in [0.29, 0.717) is 36.5 Å². The fourth-order valence-electron chi connectivity index (χ4n) is 6.35. The lowest BCUT2D eigenvalue weighted by Gasteiger charge is -2.42.